The third kappa shape index (κ3) is 4.45. The molecule has 25 heavy (non-hydrogen) atoms. The average molecular weight is 430 g/mol. The number of hydrogen-bond donors (Lipinski definition) is 2. The molecule has 134 valence electrons. The van der Waals surface area contributed by atoms with E-state index in [-0.39, 0.29) is 5.69 Å². The minimum atomic E-state index is -2.51. The highest BCUT2D eigenvalue weighted by Gasteiger charge is 2.32. The van der Waals surface area contributed by atoms with E-state index in [9.17, 15) is 23.1 Å². The van der Waals surface area contributed by atoms with E-state index in [0.29, 0.717) is 15.6 Å². The van der Waals surface area contributed by atoms with E-state index >= 15 is 0 Å². The van der Waals surface area contributed by atoms with Gasteiger partial charge in [-0.05, 0) is 35.7 Å². The minimum Gasteiger partial charge on any atom is -0.480 e. The fourth-order valence-electron chi connectivity index (χ4n) is 2.52. The Hall–Kier alpha value is -1.77. The number of hydrogen-bond acceptors (Lipinski definition) is 2. The Labute approximate surface area is 156 Å². The lowest BCUT2D eigenvalue weighted by Crippen LogP contribution is -2.45. The van der Waals surface area contributed by atoms with Crippen molar-refractivity contribution < 1.29 is 23.1 Å². The molecule has 2 N–H and O–H groups in total. The Balaban J connectivity index is 2.42. The zero-order valence-corrected chi connectivity index (χ0v) is 15.9. The largest absolute Gasteiger partial charge is 0.480 e. The van der Waals surface area contributed by atoms with Gasteiger partial charge in [-0.15, -0.1) is 0 Å². The zero-order valence-electron chi connectivity index (χ0n) is 13.5. The molecule has 2 atom stereocenters. The third-order valence-corrected chi connectivity index (χ3v) is 4.94. The van der Waals surface area contributed by atoms with Gasteiger partial charge in [0.05, 0.1) is 5.69 Å². The molecule has 2 aromatic carbocycles. The molecule has 0 saturated heterocycles. The SMILES string of the molecule is CC(C)C(C(=O)O)N(c1ccc(-c2ccc(Br)cc2F)cc1)S(=O)O. The van der Waals surface area contributed by atoms with Crippen LogP contribution in [0.5, 0.6) is 0 Å². The normalized spacial score (nSPS) is 13.5. The molecule has 2 rings (SSSR count). The Morgan fingerprint density at radius 2 is 1.80 bits per heavy atom. The molecule has 0 aliphatic rings. The maximum atomic E-state index is 14.1. The van der Waals surface area contributed by atoms with Gasteiger partial charge in [0.15, 0.2) is 0 Å². The summed E-state index contributed by atoms with van der Waals surface area (Å²) in [5.74, 6) is -1.99. The first-order valence-electron chi connectivity index (χ1n) is 7.41. The Bertz CT molecular complexity index is 798. The van der Waals surface area contributed by atoms with E-state index in [1.807, 2.05) is 0 Å². The third-order valence-electron chi connectivity index (χ3n) is 3.67. The number of anilines is 1. The molecule has 0 saturated carbocycles. The van der Waals surface area contributed by atoms with Crippen LogP contribution in [0.1, 0.15) is 13.8 Å². The van der Waals surface area contributed by atoms with Gasteiger partial charge in [0, 0.05) is 10.0 Å². The van der Waals surface area contributed by atoms with Crippen LogP contribution < -0.4 is 4.31 Å². The number of halogens is 2. The molecule has 0 aliphatic heterocycles. The summed E-state index contributed by atoms with van der Waals surface area (Å²) in [4.78, 5) is 11.5. The summed E-state index contributed by atoms with van der Waals surface area (Å²) in [5.41, 5.74) is 1.22. The van der Waals surface area contributed by atoms with Crippen LogP contribution in [0.3, 0.4) is 0 Å². The van der Waals surface area contributed by atoms with Crippen LogP contribution in [0.4, 0.5) is 10.1 Å². The maximum Gasteiger partial charge on any atom is 0.327 e. The molecule has 0 heterocycles. The Morgan fingerprint density at radius 1 is 1.20 bits per heavy atom. The van der Waals surface area contributed by atoms with Gasteiger partial charge < -0.3 is 5.11 Å². The fourth-order valence-corrected chi connectivity index (χ4v) is 3.68. The molecule has 0 aliphatic carbocycles. The number of nitrogens with zero attached hydrogens (tertiary/aromatic N) is 1. The lowest BCUT2D eigenvalue weighted by atomic mass is 10.0. The summed E-state index contributed by atoms with van der Waals surface area (Å²) in [6.07, 6.45) is 0. The van der Waals surface area contributed by atoms with Gasteiger partial charge in [0.2, 0.25) is 0 Å². The van der Waals surface area contributed by atoms with Crippen molar-refractivity contribution in [1.29, 1.82) is 0 Å². The molecule has 5 nitrogen and oxygen atoms in total. The minimum absolute atomic E-state index is 0.267. The summed E-state index contributed by atoms with van der Waals surface area (Å²) in [6.45, 7) is 3.31. The van der Waals surface area contributed by atoms with Crippen molar-refractivity contribution >= 4 is 38.9 Å². The van der Waals surface area contributed by atoms with Gasteiger partial charge in [0.25, 0.3) is 11.3 Å². The van der Waals surface area contributed by atoms with Crippen LogP contribution in [0, 0.1) is 11.7 Å². The summed E-state index contributed by atoms with van der Waals surface area (Å²) in [7, 11) is 0. The summed E-state index contributed by atoms with van der Waals surface area (Å²) >= 11 is 0.683. The molecule has 2 aromatic rings. The topological polar surface area (TPSA) is 77.8 Å². The van der Waals surface area contributed by atoms with Crippen molar-refractivity contribution in [2.24, 2.45) is 5.92 Å². The van der Waals surface area contributed by atoms with E-state index in [1.54, 1.807) is 38.1 Å². The predicted molar refractivity (Wildman–Crippen MR) is 99.0 cm³/mol. The second-order valence-corrected chi connectivity index (χ2v) is 7.53. The Kier molecular flexibility index (Phi) is 6.31. The molecule has 0 aromatic heterocycles. The van der Waals surface area contributed by atoms with Crippen molar-refractivity contribution in [2.45, 2.75) is 19.9 Å². The molecule has 0 radical (unpaired) electrons. The molecular formula is C17H17BrFNO4S. The quantitative estimate of drug-likeness (QED) is 0.670. The van der Waals surface area contributed by atoms with Gasteiger partial charge >= 0.3 is 5.97 Å². The smallest absolute Gasteiger partial charge is 0.327 e. The van der Waals surface area contributed by atoms with E-state index in [2.05, 4.69) is 15.9 Å². The van der Waals surface area contributed by atoms with Crippen molar-refractivity contribution in [3.05, 3.63) is 52.8 Å². The molecule has 0 amide bonds. The molecule has 0 bridgehead atoms. The van der Waals surface area contributed by atoms with Crippen molar-refractivity contribution in [3.63, 3.8) is 0 Å². The lowest BCUT2D eigenvalue weighted by molar-refractivity contribution is -0.139. The van der Waals surface area contributed by atoms with Gasteiger partial charge in [-0.3, -0.25) is 8.86 Å². The fraction of sp³-hybridized carbons (Fsp3) is 0.235. The molecule has 0 spiro atoms. The van der Waals surface area contributed by atoms with Gasteiger partial charge in [0.1, 0.15) is 11.9 Å². The maximum absolute atomic E-state index is 14.1. The van der Waals surface area contributed by atoms with Crippen LogP contribution in [-0.4, -0.2) is 25.9 Å². The van der Waals surface area contributed by atoms with Crippen molar-refractivity contribution in [1.82, 2.24) is 0 Å². The number of carboxylic acids is 1. The van der Waals surface area contributed by atoms with E-state index in [4.69, 9.17) is 0 Å². The average Bonchev–Trinajstić information content (AvgIpc) is 2.51. The monoisotopic (exact) mass is 429 g/mol. The highest BCUT2D eigenvalue weighted by atomic mass is 79.9. The van der Waals surface area contributed by atoms with Crippen LogP contribution in [0.25, 0.3) is 11.1 Å². The second kappa shape index (κ2) is 8.07. The summed E-state index contributed by atoms with van der Waals surface area (Å²) in [5, 5.41) is 9.38. The Morgan fingerprint density at radius 3 is 2.24 bits per heavy atom. The first-order chi connectivity index (χ1) is 11.7. The van der Waals surface area contributed by atoms with Gasteiger partial charge in [-0.2, -0.15) is 0 Å². The summed E-state index contributed by atoms with van der Waals surface area (Å²) in [6, 6.07) is 9.68. The van der Waals surface area contributed by atoms with Crippen molar-refractivity contribution in [3.8, 4) is 11.1 Å². The number of aliphatic carboxylic acids is 1. The number of rotatable bonds is 6. The second-order valence-electron chi connectivity index (χ2n) is 5.75. The molecule has 8 heteroatoms. The first kappa shape index (κ1) is 19.6. The molecule has 2 unspecified atom stereocenters. The number of carboxylic acid groups (broad SMARTS) is 1. The van der Waals surface area contributed by atoms with Crippen LogP contribution in [0.2, 0.25) is 0 Å². The van der Waals surface area contributed by atoms with Crippen molar-refractivity contribution in [2.75, 3.05) is 4.31 Å². The van der Waals surface area contributed by atoms with E-state index in [1.165, 1.54) is 18.2 Å². The summed E-state index contributed by atoms with van der Waals surface area (Å²) < 4.78 is 36.9. The molecule has 0 fully saturated rings. The van der Waals surface area contributed by atoms with E-state index < -0.39 is 35.0 Å². The highest BCUT2D eigenvalue weighted by molar-refractivity contribution is 9.10. The van der Waals surface area contributed by atoms with Gasteiger partial charge in [-0.1, -0.05) is 48.0 Å². The highest BCUT2D eigenvalue weighted by Crippen LogP contribution is 2.29. The van der Waals surface area contributed by atoms with E-state index in [0.717, 1.165) is 4.31 Å². The van der Waals surface area contributed by atoms with Crippen LogP contribution in [-0.2, 0) is 16.1 Å². The van der Waals surface area contributed by atoms with Crippen LogP contribution in [0.15, 0.2) is 46.9 Å². The number of carbonyl (C=O) groups is 1. The standard InChI is InChI=1S/C17H17BrFNO4S/c1-10(2)16(17(21)22)20(25(23)24)13-6-3-11(4-7-13)14-8-5-12(18)9-15(14)19/h3-10,16H,1-2H3,(H,21,22)(H,23,24). The van der Waals surface area contributed by atoms with Gasteiger partial charge in [-0.25, -0.2) is 13.4 Å². The lowest BCUT2D eigenvalue weighted by Gasteiger charge is -2.29. The van der Waals surface area contributed by atoms with Crippen LogP contribution >= 0.6 is 15.9 Å². The first-order valence-corrected chi connectivity index (χ1v) is 9.26. The number of benzene rings is 2. The molecular weight excluding hydrogens is 413 g/mol. The zero-order chi connectivity index (χ0) is 18.7. The predicted octanol–water partition coefficient (Wildman–Crippen LogP) is 4.31.